The highest BCUT2D eigenvalue weighted by Crippen LogP contribution is 2.58. The van der Waals surface area contributed by atoms with Crippen molar-refractivity contribution in [3.05, 3.63) is 42.0 Å². The first kappa shape index (κ1) is 20.9. The zero-order valence-corrected chi connectivity index (χ0v) is 19.3. The molecule has 2 aromatic rings. The van der Waals surface area contributed by atoms with E-state index >= 15 is 0 Å². The highest BCUT2D eigenvalue weighted by Gasteiger charge is 2.42. The lowest BCUT2D eigenvalue weighted by molar-refractivity contribution is -0.125. The normalized spacial score (nSPS) is 16.9. The van der Waals surface area contributed by atoms with Gasteiger partial charge in [-0.05, 0) is 43.3 Å². The van der Waals surface area contributed by atoms with Crippen LogP contribution in [0.2, 0.25) is 0 Å². The molecule has 1 amide bonds. The Morgan fingerprint density at radius 1 is 1.04 bits per heavy atom. The SMILES string of the molecule is COc1cccc(C)c1-c1cccc2c1P(C(C)(C)C)CN2C(=O)C(C)(C)C. The van der Waals surface area contributed by atoms with Crippen LogP contribution in [0.5, 0.6) is 5.75 Å². The van der Waals surface area contributed by atoms with E-state index in [4.69, 9.17) is 4.74 Å². The number of rotatable bonds is 2. The fourth-order valence-corrected chi connectivity index (χ4v) is 6.55. The molecule has 1 aliphatic heterocycles. The molecule has 0 fully saturated rings. The number of carbonyl (C=O) groups excluding carboxylic acids is 1. The number of hydrogen-bond acceptors (Lipinski definition) is 2. The zero-order chi connectivity index (χ0) is 20.9. The maximum Gasteiger partial charge on any atom is 0.232 e. The van der Waals surface area contributed by atoms with Gasteiger partial charge in [0.05, 0.1) is 19.1 Å². The van der Waals surface area contributed by atoms with Gasteiger partial charge in [0.25, 0.3) is 0 Å². The molecule has 150 valence electrons. The van der Waals surface area contributed by atoms with Crippen molar-refractivity contribution in [2.24, 2.45) is 5.41 Å². The molecule has 3 nitrogen and oxygen atoms in total. The lowest BCUT2D eigenvalue weighted by Crippen LogP contribution is -2.38. The number of methoxy groups -OCH3 is 1. The van der Waals surface area contributed by atoms with Gasteiger partial charge in [-0.1, -0.05) is 65.8 Å². The summed E-state index contributed by atoms with van der Waals surface area (Å²) >= 11 is 0. The van der Waals surface area contributed by atoms with Crippen LogP contribution in [0.1, 0.15) is 47.1 Å². The van der Waals surface area contributed by atoms with Crippen molar-refractivity contribution in [1.29, 1.82) is 0 Å². The summed E-state index contributed by atoms with van der Waals surface area (Å²) in [5.41, 5.74) is 4.21. The second-order valence-electron chi connectivity index (χ2n) is 9.55. The topological polar surface area (TPSA) is 29.5 Å². The van der Waals surface area contributed by atoms with Crippen LogP contribution in [0.3, 0.4) is 0 Å². The predicted octanol–water partition coefficient (Wildman–Crippen LogP) is 5.93. The van der Waals surface area contributed by atoms with Crippen LogP contribution in [-0.4, -0.2) is 24.5 Å². The van der Waals surface area contributed by atoms with E-state index in [9.17, 15) is 4.79 Å². The van der Waals surface area contributed by atoms with Crippen LogP contribution < -0.4 is 14.9 Å². The fraction of sp³-hybridized carbons (Fsp3) is 0.458. The van der Waals surface area contributed by atoms with Crippen LogP contribution in [-0.2, 0) is 4.79 Å². The van der Waals surface area contributed by atoms with Crippen molar-refractivity contribution in [1.82, 2.24) is 0 Å². The lowest BCUT2D eigenvalue weighted by Gasteiger charge is -2.30. The Balaban J connectivity index is 2.29. The Bertz CT molecular complexity index is 906. The Hall–Kier alpha value is -1.86. The molecular weight excluding hydrogens is 365 g/mol. The van der Waals surface area contributed by atoms with E-state index in [1.807, 2.05) is 37.8 Å². The maximum absolute atomic E-state index is 13.3. The number of hydrogen-bond donors (Lipinski definition) is 0. The van der Waals surface area contributed by atoms with E-state index in [1.54, 1.807) is 7.11 Å². The van der Waals surface area contributed by atoms with E-state index in [-0.39, 0.29) is 11.1 Å². The van der Waals surface area contributed by atoms with Crippen molar-refractivity contribution in [3.63, 3.8) is 0 Å². The third-order valence-corrected chi connectivity index (χ3v) is 8.47. The number of amides is 1. The molecule has 0 bridgehead atoms. The van der Waals surface area contributed by atoms with E-state index < -0.39 is 13.3 Å². The summed E-state index contributed by atoms with van der Waals surface area (Å²) in [7, 11) is 1.18. The molecule has 0 saturated carbocycles. The Labute approximate surface area is 170 Å². The zero-order valence-electron chi connectivity index (χ0n) is 18.4. The van der Waals surface area contributed by atoms with Gasteiger partial charge in [0.2, 0.25) is 5.91 Å². The summed E-state index contributed by atoms with van der Waals surface area (Å²) in [5, 5.41) is 1.43. The van der Waals surface area contributed by atoms with E-state index in [1.165, 1.54) is 16.4 Å². The molecule has 3 rings (SSSR count). The minimum absolute atomic E-state index is 0.100. The molecule has 1 atom stereocenters. The molecule has 1 heterocycles. The first-order valence-corrected chi connectivity index (χ1v) is 11.4. The Morgan fingerprint density at radius 2 is 1.68 bits per heavy atom. The monoisotopic (exact) mass is 397 g/mol. The molecule has 4 heteroatoms. The van der Waals surface area contributed by atoms with Gasteiger partial charge in [-0.2, -0.15) is 0 Å². The number of anilines is 1. The number of nitrogens with zero attached hydrogens (tertiary/aromatic N) is 1. The summed E-state index contributed by atoms with van der Waals surface area (Å²) < 4.78 is 5.72. The number of aryl methyl sites for hydroxylation is 1. The van der Waals surface area contributed by atoms with E-state index in [0.29, 0.717) is 0 Å². The van der Waals surface area contributed by atoms with Gasteiger partial charge < -0.3 is 9.64 Å². The van der Waals surface area contributed by atoms with Crippen LogP contribution >= 0.6 is 7.92 Å². The van der Waals surface area contributed by atoms with Crippen LogP contribution in [0.25, 0.3) is 11.1 Å². The Kier molecular flexibility index (Phi) is 5.36. The first-order valence-electron chi connectivity index (χ1n) is 9.83. The highest BCUT2D eigenvalue weighted by atomic mass is 31.1. The van der Waals surface area contributed by atoms with Gasteiger partial charge in [0.15, 0.2) is 0 Å². The van der Waals surface area contributed by atoms with Crippen LogP contribution in [0.15, 0.2) is 36.4 Å². The van der Waals surface area contributed by atoms with Gasteiger partial charge >= 0.3 is 0 Å². The number of ether oxygens (including phenoxy) is 1. The standard InChI is InChI=1S/C24H32NO2P/c1-16-11-9-14-19(27-8)20(16)17-12-10-13-18-21(17)28(24(5,6)7)15-25(18)22(26)23(2,3)4/h9-14H,15H2,1-8H3. The largest absolute Gasteiger partial charge is 0.496 e. The summed E-state index contributed by atoms with van der Waals surface area (Å²) in [5.74, 6) is 1.08. The number of benzene rings is 2. The minimum atomic E-state index is -0.546. The van der Waals surface area contributed by atoms with Crippen molar-refractivity contribution in [3.8, 4) is 16.9 Å². The molecule has 28 heavy (non-hydrogen) atoms. The molecule has 0 spiro atoms. The molecular formula is C24H32NO2P. The Morgan fingerprint density at radius 3 is 2.25 bits per heavy atom. The number of fused-ring (bicyclic) bond motifs is 1. The smallest absolute Gasteiger partial charge is 0.232 e. The second-order valence-corrected chi connectivity index (χ2v) is 12.5. The van der Waals surface area contributed by atoms with E-state index in [2.05, 4.69) is 52.0 Å². The third-order valence-electron chi connectivity index (χ3n) is 5.28. The molecule has 2 aromatic carbocycles. The van der Waals surface area contributed by atoms with Gasteiger partial charge in [-0.25, -0.2) is 0 Å². The van der Waals surface area contributed by atoms with Gasteiger partial charge in [0, 0.05) is 16.3 Å². The summed E-state index contributed by atoms with van der Waals surface area (Å²) in [6, 6.07) is 12.6. The van der Waals surface area contributed by atoms with Crippen LogP contribution in [0.4, 0.5) is 5.69 Å². The van der Waals surface area contributed by atoms with Crippen molar-refractivity contribution < 1.29 is 9.53 Å². The molecule has 0 aromatic heterocycles. The quantitative estimate of drug-likeness (QED) is 0.588. The lowest BCUT2D eigenvalue weighted by atomic mass is 9.94. The second kappa shape index (κ2) is 7.19. The van der Waals surface area contributed by atoms with Crippen LogP contribution in [0, 0.1) is 12.3 Å². The summed E-state index contributed by atoms with van der Waals surface area (Å²) in [6.07, 6.45) is 0.787. The first-order chi connectivity index (χ1) is 13.0. The molecule has 0 aliphatic carbocycles. The molecule has 1 unspecified atom stereocenters. The summed E-state index contributed by atoms with van der Waals surface area (Å²) in [4.78, 5) is 15.3. The molecule has 0 saturated heterocycles. The van der Waals surface area contributed by atoms with Gasteiger partial charge in [-0.15, -0.1) is 0 Å². The van der Waals surface area contributed by atoms with Crippen molar-refractivity contribution >= 4 is 24.8 Å². The molecule has 0 N–H and O–H groups in total. The fourth-order valence-electron chi connectivity index (χ4n) is 3.80. The predicted molar refractivity (Wildman–Crippen MR) is 121 cm³/mol. The van der Waals surface area contributed by atoms with Crippen molar-refractivity contribution in [2.75, 3.05) is 18.3 Å². The minimum Gasteiger partial charge on any atom is -0.496 e. The average Bonchev–Trinajstić information content (AvgIpc) is 3.00. The highest BCUT2D eigenvalue weighted by molar-refractivity contribution is 7.68. The van der Waals surface area contributed by atoms with Gasteiger partial charge in [0.1, 0.15) is 5.75 Å². The summed E-state index contributed by atoms with van der Waals surface area (Å²) in [6.45, 7) is 15.0. The average molecular weight is 397 g/mol. The molecule has 1 aliphatic rings. The third kappa shape index (κ3) is 3.57. The van der Waals surface area contributed by atoms with Gasteiger partial charge in [-0.3, -0.25) is 4.79 Å². The van der Waals surface area contributed by atoms with Crippen molar-refractivity contribution in [2.45, 2.75) is 53.6 Å². The molecule has 0 radical (unpaired) electrons. The number of carbonyl (C=O) groups is 1. The maximum atomic E-state index is 13.3. The van der Waals surface area contributed by atoms with E-state index in [0.717, 1.165) is 23.3 Å².